The van der Waals surface area contributed by atoms with Crippen molar-refractivity contribution in [3.05, 3.63) is 59.7 Å². The van der Waals surface area contributed by atoms with Gasteiger partial charge in [0.25, 0.3) is 5.91 Å². The van der Waals surface area contributed by atoms with Crippen molar-refractivity contribution in [3.63, 3.8) is 0 Å². The number of rotatable bonds is 6. The Hall–Kier alpha value is -2.86. The maximum absolute atomic E-state index is 13.4. The van der Waals surface area contributed by atoms with Gasteiger partial charge in [0, 0.05) is 25.2 Å². The van der Waals surface area contributed by atoms with E-state index in [2.05, 4.69) is 10.2 Å². The molecule has 2 amide bonds. The second-order valence-corrected chi connectivity index (χ2v) is 8.57. The van der Waals surface area contributed by atoms with Gasteiger partial charge in [-0.3, -0.25) is 9.59 Å². The third-order valence-electron chi connectivity index (χ3n) is 6.16. The van der Waals surface area contributed by atoms with Crippen LogP contribution in [0.25, 0.3) is 0 Å². The van der Waals surface area contributed by atoms with Crippen molar-refractivity contribution in [2.24, 2.45) is 0 Å². The Morgan fingerprint density at radius 1 is 1.27 bits per heavy atom. The molecular formula is C24H29N3O3. The van der Waals surface area contributed by atoms with Gasteiger partial charge in [0.05, 0.1) is 17.0 Å². The average Bonchev–Trinajstić information content (AvgIpc) is 3.24. The van der Waals surface area contributed by atoms with Crippen LogP contribution >= 0.6 is 0 Å². The van der Waals surface area contributed by atoms with Gasteiger partial charge in [0.15, 0.2) is 0 Å². The Balaban J connectivity index is 1.62. The standard InChI is InChI=1S/C24H29N3O3/c1-3-24(2,30)16-26(15-17-8-5-4-6-9-17)23(29)18-11-12-20-19(14-18)25-22(28)21-10-7-13-27(20)21/h4-6,8-9,11-12,14,21,30H,3,7,10,13,15-16H2,1-2H3,(H,25,28). The van der Waals surface area contributed by atoms with Crippen LogP contribution in [0, 0.1) is 0 Å². The first-order valence-electron chi connectivity index (χ1n) is 10.6. The monoisotopic (exact) mass is 407 g/mol. The van der Waals surface area contributed by atoms with E-state index in [4.69, 9.17) is 0 Å². The minimum atomic E-state index is -0.977. The largest absolute Gasteiger partial charge is 0.388 e. The maximum Gasteiger partial charge on any atom is 0.254 e. The molecule has 0 bridgehead atoms. The summed E-state index contributed by atoms with van der Waals surface area (Å²) < 4.78 is 0. The molecule has 0 spiro atoms. The number of anilines is 2. The van der Waals surface area contributed by atoms with E-state index in [1.807, 2.05) is 49.4 Å². The highest BCUT2D eigenvalue weighted by Crippen LogP contribution is 2.37. The number of carbonyl (C=O) groups excluding carboxylic acids is 2. The number of carbonyl (C=O) groups is 2. The fourth-order valence-electron chi connectivity index (χ4n) is 4.27. The number of nitrogens with one attached hydrogen (secondary N) is 1. The van der Waals surface area contributed by atoms with Crippen molar-refractivity contribution in [1.82, 2.24) is 4.90 Å². The molecule has 2 heterocycles. The minimum Gasteiger partial charge on any atom is -0.388 e. The summed E-state index contributed by atoms with van der Waals surface area (Å²) in [5, 5.41) is 13.6. The predicted molar refractivity (Wildman–Crippen MR) is 118 cm³/mol. The van der Waals surface area contributed by atoms with E-state index in [0.29, 0.717) is 24.2 Å². The fourth-order valence-corrected chi connectivity index (χ4v) is 4.27. The lowest BCUT2D eigenvalue weighted by Crippen LogP contribution is -2.44. The first-order valence-corrected chi connectivity index (χ1v) is 10.6. The van der Waals surface area contributed by atoms with Crippen molar-refractivity contribution in [1.29, 1.82) is 0 Å². The highest BCUT2D eigenvalue weighted by molar-refractivity contribution is 6.06. The first kappa shape index (κ1) is 20.4. The number of fused-ring (bicyclic) bond motifs is 3. The second kappa shape index (κ2) is 8.11. The number of hydrogen-bond donors (Lipinski definition) is 2. The Bertz CT molecular complexity index is 942. The smallest absolute Gasteiger partial charge is 0.254 e. The Kier molecular flexibility index (Phi) is 5.52. The Morgan fingerprint density at radius 2 is 2.03 bits per heavy atom. The van der Waals surface area contributed by atoms with E-state index in [-0.39, 0.29) is 24.4 Å². The van der Waals surface area contributed by atoms with Crippen molar-refractivity contribution < 1.29 is 14.7 Å². The van der Waals surface area contributed by atoms with Crippen LogP contribution in [0.1, 0.15) is 49.0 Å². The van der Waals surface area contributed by atoms with Crippen molar-refractivity contribution in [2.45, 2.75) is 51.3 Å². The molecule has 1 fully saturated rings. The number of benzene rings is 2. The summed E-state index contributed by atoms with van der Waals surface area (Å²) >= 11 is 0. The van der Waals surface area contributed by atoms with Gasteiger partial charge in [-0.1, -0.05) is 37.3 Å². The molecule has 0 radical (unpaired) electrons. The van der Waals surface area contributed by atoms with Crippen LogP contribution in [0.2, 0.25) is 0 Å². The zero-order valence-electron chi connectivity index (χ0n) is 17.6. The van der Waals surface area contributed by atoms with Gasteiger partial charge in [0.1, 0.15) is 6.04 Å². The second-order valence-electron chi connectivity index (χ2n) is 8.57. The van der Waals surface area contributed by atoms with Gasteiger partial charge in [-0.2, -0.15) is 0 Å². The molecule has 6 nitrogen and oxygen atoms in total. The van der Waals surface area contributed by atoms with Crippen LogP contribution < -0.4 is 10.2 Å². The lowest BCUT2D eigenvalue weighted by atomic mass is 10.0. The molecule has 30 heavy (non-hydrogen) atoms. The van der Waals surface area contributed by atoms with E-state index < -0.39 is 5.60 Å². The topological polar surface area (TPSA) is 72.9 Å². The van der Waals surface area contributed by atoms with Crippen LogP contribution in [0.5, 0.6) is 0 Å². The van der Waals surface area contributed by atoms with Gasteiger partial charge >= 0.3 is 0 Å². The minimum absolute atomic E-state index is 0.000318. The summed E-state index contributed by atoms with van der Waals surface area (Å²) in [6.45, 7) is 5.16. The summed E-state index contributed by atoms with van der Waals surface area (Å²) in [7, 11) is 0. The predicted octanol–water partition coefficient (Wildman–Crippen LogP) is 3.41. The highest BCUT2D eigenvalue weighted by Gasteiger charge is 2.36. The zero-order chi connectivity index (χ0) is 21.3. The Morgan fingerprint density at radius 3 is 2.77 bits per heavy atom. The summed E-state index contributed by atoms with van der Waals surface area (Å²) in [4.78, 5) is 29.7. The van der Waals surface area contributed by atoms with Crippen LogP contribution in [0.4, 0.5) is 11.4 Å². The first-order chi connectivity index (χ1) is 14.4. The molecule has 2 atom stereocenters. The molecule has 0 aromatic heterocycles. The van der Waals surface area contributed by atoms with Gasteiger partial charge in [-0.15, -0.1) is 0 Å². The van der Waals surface area contributed by atoms with Crippen molar-refractivity contribution in [3.8, 4) is 0 Å². The van der Waals surface area contributed by atoms with Gasteiger partial charge < -0.3 is 20.2 Å². The van der Waals surface area contributed by atoms with E-state index in [1.165, 1.54) is 0 Å². The summed E-state index contributed by atoms with van der Waals surface area (Å²) in [5.74, 6) is -0.159. The molecule has 2 unspecified atom stereocenters. The van der Waals surface area contributed by atoms with Crippen LogP contribution in [-0.2, 0) is 11.3 Å². The molecular weight excluding hydrogens is 378 g/mol. The van der Waals surface area contributed by atoms with Gasteiger partial charge in [-0.25, -0.2) is 0 Å². The maximum atomic E-state index is 13.4. The third-order valence-corrected chi connectivity index (χ3v) is 6.16. The van der Waals surface area contributed by atoms with E-state index in [1.54, 1.807) is 17.9 Å². The van der Waals surface area contributed by atoms with Crippen LogP contribution in [0.3, 0.4) is 0 Å². The fraction of sp³-hybridized carbons (Fsp3) is 0.417. The molecule has 0 aliphatic carbocycles. The summed E-state index contributed by atoms with van der Waals surface area (Å²) in [6, 6.07) is 15.2. The third kappa shape index (κ3) is 4.05. The number of hydrogen-bond acceptors (Lipinski definition) is 4. The van der Waals surface area contributed by atoms with Crippen molar-refractivity contribution in [2.75, 3.05) is 23.3 Å². The molecule has 6 heteroatoms. The molecule has 2 aliphatic rings. The van der Waals surface area contributed by atoms with E-state index in [0.717, 1.165) is 30.6 Å². The van der Waals surface area contributed by atoms with E-state index >= 15 is 0 Å². The number of aliphatic hydroxyl groups is 1. The molecule has 158 valence electrons. The van der Waals surface area contributed by atoms with Gasteiger partial charge in [-0.05, 0) is 49.9 Å². The van der Waals surface area contributed by atoms with E-state index in [9.17, 15) is 14.7 Å². The molecule has 2 N–H and O–H groups in total. The molecule has 2 aliphatic heterocycles. The Labute approximate surface area is 177 Å². The molecule has 0 saturated carbocycles. The van der Waals surface area contributed by atoms with Crippen LogP contribution in [-0.4, -0.2) is 46.6 Å². The summed E-state index contributed by atoms with van der Waals surface area (Å²) in [5.41, 5.74) is 2.20. The number of nitrogens with zero attached hydrogens (tertiary/aromatic N) is 2. The quantitative estimate of drug-likeness (QED) is 0.770. The molecule has 1 saturated heterocycles. The molecule has 2 aromatic carbocycles. The average molecular weight is 408 g/mol. The highest BCUT2D eigenvalue weighted by atomic mass is 16.3. The van der Waals surface area contributed by atoms with Gasteiger partial charge in [0.2, 0.25) is 5.91 Å². The van der Waals surface area contributed by atoms with Crippen molar-refractivity contribution >= 4 is 23.2 Å². The SMILES string of the molecule is CCC(C)(O)CN(Cc1ccccc1)C(=O)c1ccc2c(c1)NC(=O)C1CCCN21. The number of amides is 2. The summed E-state index contributed by atoms with van der Waals surface area (Å²) in [6.07, 6.45) is 2.40. The van der Waals surface area contributed by atoms with Crippen LogP contribution in [0.15, 0.2) is 48.5 Å². The zero-order valence-corrected chi connectivity index (χ0v) is 17.6. The normalized spacial score (nSPS) is 19.5. The molecule has 2 aromatic rings. The lowest BCUT2D eigenvalue weighted by molar-refractivity contribution is -0.117. The lowest BCUT2D eigenvalue weighted by Gasteiger charge is -2.34. The molecule has 4 rings (SSSR count).